The quantitative estimate of drug-likeness (QED) is 0.477. The first-order valence-corrected chi connectivity index (χ1v) is 11.0. The van der Waals surface area contributed by atoms with Gasteiger partial charge in [-0.25, -0.2) is 0 Å². The molecule has 1 saturated heterocycles. The Morgan fingerprint density at radius 1 is 1.06 bits per heavy atom. The molecule has 5 heteroatoms. The van der Waals surface area contributed by atoms with E-state index in [1.807, 2.05) is 6.92 Å². The van der Waals surface area contributed by atoms with Crippen LogP contribution in [0.15, 0.2) is 42.5 Å². The average molecular weight is 421 g/mol. The normalized spacial score (nSPS) is 25.3. The molecule has 0 spiro atoms. The molecule has 2 aliphatic rings. The number of piperidine rings is 1. The molecular formula is C26H32N2O3. The molecule has 3 atom stereocenters. The molecule has 0 amide bonds. The van der Waals surface area contributed by atoms with Crippen LogP contribution in [0.2, 0.25) is 0 Å². The van der Waals surface area contributed by atoms with Gasteiger partial charge in [-0.05, 0) is 88.0 Å². The molecule has 1 aromatic heterocycles. The number of likely N-dealkylation sites (N-methyl/N-ethyl adjacent to an activating group) is 1. The molecule has 0 saturated carbocycles. The Labute approximate surface area is 184 Å². The summed E-state index contributed by atoms with van der Waals surface area (Å²) >= 11 is 0. The zero-order valence-corrected chi connectivity index (χ0v) is 18.8. The number of benzene rings is 2. The van der Waals surface area contributed by atoms with Crippen molar-refractivity contribution in [2.45, 2.75) is 51.7 Å². The molecule has 1 aliphatic heterocycles. The fraction of sp³-hybridized carbons (Fsp3) is 0.423. The number of nitrogens with zero attached hydrogens (tertiary/aromatic N) is 2. The van der Waals surface area contributed by atoms with E-state index in [1.165, 1.54) is 34.3 Å². The van der Waals surface area contributed by atoms with E-state index in [4.69, 9.17) is 15.2 Å². The second-order valence-corrected chi connectivity index (χ2v) is 9.25. The van der Waals surface area contributed by atoms with Crippen LogP contribution in [0.1, 0.15) is 35.7 Å². The van der Waals surface area contributed by atoms with Crippen LogP contribution >= 0.6 is 0 Å². The van der Waals surface area contributed by atoms with Crippen LogP contribution in [0, 0.1) is 19.8 Å². The third kappa shape index (κ3) is 4.00. The van der Waals surface area contributed by atoms with Gasteiger partial charge in [-0.3, -0.25) is 4.98 Å². The van der Waals surface area contributed by atoms with Crippen molar-refractivity contribution in [2.24, 2.45) is 5.92 Å². The number of pyridine rings is 1. The van der Waals surface area contributed by atoms with Crippen LogP contribution in [-0.4, -0.2) is 50.4 Å². The zero-order valence-electron chi connectivity index (χ0n) is 18.8. The van der Waals surface area contributed by atoms with Gasteiger partial charge in [0.05, 0.1) is 11.1 Å². The number of likely N-dealkylation sites (tertiary alicyclic amines) is 1. The van der Waals surface area contributed by atoms with Gasteiger partial charge in [0.1, 0.15) is 0 Å². The lowest BCUT2D eigenvalue weighted by Crippen LogP contribution is -2.62. The standard InChI is InChI=1S/C19H24N2O.C7H8O2/c1-12-5-4-6-14-9-15-11-19(22)13(2)21(3)8-7-16(19)10-17(15)20-18(12)14;1-5-2-3-6(8)7(9)4-5/h4-6,9,13,16,22H,7-8,10-11H2,1-3H3;2-4,8-9H,1H3/t13-,16?,19?;/m1./s1. The minimum absolute atomic E-state index is 0.0602. The first kappa shape index (κ1) is 21.6. The molecule has 5 rings (SSSR count). The van der Waals surface area contributed by atoms with Gasteiger partial charge < -0.3 is 20.2 Å². The maximum absolute atomic E-state index is 11.3. The number of aliphatic hydroxyl groups is 1. The monoisotopic (exact) mass is 420 g/mol. The first-order chi connectivity index (χ1) is 14.7. The Balaban J connectivity index is 0.000000217. The molecule has 0 radical (unpaired) electrons. The van der Waals surface area contributed by atoms with Crippen molar-refractivity contribution in [3.63, 3.8) is 0 Å². The number of hydrogen-bond acceptors (Lipinski definition) is 5. The Morgan fingerprint density at radius 2 is 1.84 bits per heavy atom. The average Bonchev–Trinajstić information content (AvgIpc) is 2.73. The van der Waals surface area contributed by atoms with E-state index >= 15 is 0 Å². The molecule has 1 aliphatic carbocycles. The number of aromatic nitrogens is 1. The lowest BCUT2D eigenvalue weighted by molar-refractivity contribution is -0.113. The summed E-state index contributed by atoms with van der Waals surface area (Å²) in [6.45, 7) is 7.20. The van der Waals surface area contributed by atoms with Gasteiger partial charge >= 0.3 is 0 Å². The molecule has 3 N–H and O–H groups in total. The summed E-state index contributed by atoms with van der Waals surface area (Å²) in [6.07, 6.45) is 2.70. The lowest BCUT2D eigenvalue weighted by atomic mass is 9.67. The Kier molecular flexibility index (Phi) is 5.67. The highest BCUT2D eigenvalue weighted by atomic mass is 16.3. The Morgan fingerprint density at radius 3 is 2.55 bits per heavy atom. The van der Waals surface area contributed by atoms with E-state index in [0.717, 1.165) is 36.9 Å². The van der Waals surface area contributed by atoms with Gasteiger partial charge in [0.15, 0.2) is 11.5 Å². The summed E-state index contributed by atoms with van der Waals surface area (Å²) in [4.78, 5) is 7.25. The van der Waals surface area contributed by atoms with E-state index in [0.29, 0.717) is 5.92 Å². The SMILES string of the molecule is Cc1ccc(O)c(O)c1.Cc1cccc2cc3c(nc12)CC1CCN(C)[C@H](C)C1(O)C3. The van der Waals surface area contributed by atoms with Crippen LogP contribution in [0.3, 0.4) is 0 Å². The van der Waals surface area contributed by atoms with Crippen molar-refractivity contribution in [2.75, 3.05) is 13.6 Å². The van der Waals surface area contributed by atoms with E-state index in [9.17, 15) is 5.11 Å². The molecule has 2 unspecified atom stereocenters. The predicted octanol–water partition coefficient (Wildman–Crippen LogP) is 4.12. The Hall–Kier alpha value is -2.63. The van der Waals surface area contributed by atoms with Crippen LogP contribution in [0.5, 0.6) is 11.5 Å². The maximum Gasteiger partial charge on any atom is 0.157 e. The second kappa shape index (κ2) is 8.13. The van der Waals surface area contributed by atoms with Crippen molar-refractivity contribution < 1.29 is 15.3 Å². The summed E-state index contributed by atoms with van der Waals surface area (Å²) in [5.41, 5.74) is 5.11. The van der Waals surface area contributed by atoms with E-state index < -0.39 is 5.60 Å². The van der Waals surface area contributed by atoms with Crippen LogP contribution < -0.4 is 0 Å². The number of para-hydroxylation sites is 1. The molecule has 31 heavy (non-hydrogen) atoms. The number of rotatable bonds is 0. The lowest BCUT2D eigenvalue weighted by Gasteiger charge is -2.51. The Bertz CT molecular complexity index is 1110. The minimum atomic E-state index is -0.612. The first-order valence-electron chi connectivity index (χ1n) is 11.0. The highest BCUT2D eigenvalue weighted by molar-refractivity contribution is 5.82. The van der Waals surface area contributed by atoms with Crippen LogP contribution in [-0.2, 0) is 12.8 Å². The summed E-state index contributed by atoms with van der Waals surface area (Å²) in [6, 6.07) is 13.5. The van der Waals surface area contributed by atoms with Gasteiger partial charge in [0.25, 0.3) is 0 Å². The maximum atomic E-state index is 11.3. The molecule has 1 fully saturated rings. The van der Waals surface area contributed by atoms with Crippen molar-refractivity contribution >= 4 is 10.9 Å². The number of phenols is 2. The summed E-state index contributed by atoms with van der Waals surface area (Å²) in [7, 11) is 2.12. The largest absolute Gasteiger partial charge is 0.504 e. The molecular weight excluding hydrogens is 388 g/mol. The van der Waals surface area contributed by atoms with Crippen LogP contribution in [0.25, 0.3) is 10.9 Å². The minimum Gasteiger partial charge on any atom is -0.504 e. The topological polar surface area (TPSA) is 76.8 Å². The third-order valence-electron chi connectivity index (χ3n) is 7.18. The number of aryl methyl sites for hydroxylation is 2. The summed E-state index contributed by atoms with van der Waals surface area (Å²) in [5.74, 6) is 0.204. The fourth-order valence-electron chi connectivity index (χ4n) is 5.03. The van der Waals surface area contributed by atoms with E-state index in [1.54, 1.807) is 6.07 Å². The van der Waals surface area contributed by atoms with Crippen LogP contribution in [0.4, 0.5) is 0 Å². The summed E-state index contributed by atoms with van der Waals surface area (Å²) in [5, 5.41) is 30.2. The summed E-state index contributed by atoms with van der Waals surface area (Å²) < 4.78 is 0. The highest BCUT2D eigenvalue weighted by Crippen LogP contribution is 2.42. The molecule has 0 bridgehead atoms. The molecule has 164 valence electrons. The van der Waals surface area contributed by atoms with Gasteiger partial charge in [-0.1, -0.05) is 24.3 Å². The molecule has 5 nitrogen and oxygen atoms in total. The number of aromatic hydroxyl groups is 2. The molecule has 3 aromatic rings. The predicted molar refractivity (Wildman–Crippen MR) is 124 cm³/mol. The van der Waals surface area contributed by atoms with Gasteiger partial charge in [0.2, 0.25) is 0 Å². The van der Waals surface area contributed by atoms with Crippen molar-refractivity contribution in [3.8, 4) is 11.5 Å². The smallest absolute Gasteiger partial charge is 0.157 e. The van der Waals surface area contributed by atoms with Crippen molar-refractivity contribution in [1.82, 2.24) is 9.88 Å². The van der Waals surface area contributed by atoms with E-state index in [2.05, 4.69) is 50.1 Å². The van der Waals surface area contributed by atoms with Gasteiger partial charge in [-0.15, -0.1) is 0 Å². The van der Waals surface area contributed by atoms with Crippen molar-refractivity contribution in [3.05, 3.63) is 64.8 Å². The van der Waals surface area contributed by atoms with Gasteiger partial charge in [0, 0.05) is 23.5 Å². The fourth-order valence-corrected chi connectivity index (χ4v) is 5.03. The van der Waals surface area contributed by atoms with E-state index in [-0.39, 0.29) is 17.5 Å². The number of hydrogen-bond donors (Lipinski definition) is 3. The second-order valence-electron chi connectivity index (χ2n) is 9.25. The zero-order chi connectivity index (χ0) is 22.3. The van der Waals surface area contributed by atoms with Crippen molar-refractivity contribution in [1.29, 1.82) is 0 Å². The third-order valence-corrected chi connectivity index (χ3v) is 7.18. The molecule has 2 aromatic carbocycles. The molecule has 2 heterocycles. The number of fused-ring (bicyclic) bond motifs is 3. The highest BCUT2D eigenvalue weighted by Gasteiger charge is 2.49. The van der Waals surface area contributed by atoms with Gasteiger partial charge in [-0.2, -0.15) is 0 Å². The number of phenolic OH excluding ortho intramolecular Hbond substituents is 2.